The van der Waals surface area contributed by atoms with Gasteiger partial charge in [-0.2, -0.15) is 0 Å². The molecule has 1 aliphatic heterocycles. The summed E-state index contributed by atoms with van der Waals surface area (Å²) >= 11 is 3.14. The molecule has 0 radical (unpaired) electrons. The number of nitrogens with zero attached hydrogens (tertiary/aromatic N) is 2. The number of thiazole rings is 1. The van der Waals surface area contributed by atoms with Crippen molar-refractivity contribution in [1.82, 2.24) is 4.98 Å². The Balaban J connectivity index is 1.52. The highest BCUT2D eigenvalue weighted by molar-refractivity contribution is 14.1. The van der Waals surface area contributed by atoms with Gasteiger partial charge < -0.3 is 14.6 Å². The summed E-state index contributed by atoms with van der Waals surface area (Å²) in [5, 5.41) is 11.6. The number of hydrogen-bond acceptors (Lipinski definition) is 8. The number of aliphatic hydroxyl groups is 1. The van der Waals surface area contributed by atoms with Crippen LogP contribution in [0.5, 0.6) is 5.75 Å². The van der Waals surface area contributed by atoms with Gasteiger partial charge in [0.2, 0.25) is 0 Å². The molecule has 8 nitrogen and oxygen atoms in total. The Morgan fingerprint density at radius 3 is 2.43 bits per heavy atom. The number of ether oxygens (including phenoxy) is 2. The van der Waals surface area contributed by atoms with E-state index >= 15 is 0 Å². The lowest BCUT2D eigenvalue weighted by molar-refractivity contribution is -0.132. The Labute approximate surface area is 260 Å². The number of benzene rings is 3. The third-order valence-electron chi connectivity index (χ3n) is 6.70. The van der Waals surface area contributed by atoms with Gasteiger partial charge in [0, 0.05) is 9.13 Å². The topological polar surface area (TPSA) is 106 Å². The molecule has 2 heterocycles. The minimum atomic E-state index is -0.958. The van der Waals surface area contributed by atoms with Gasteiger partial charge in [-0.05, 0) is 90.9 Å². The first-order valence-electron chi connectivity index (χ1n) is 13.2. The van der Waals surface area contributed by atoms with Crippen LogP contribution in [0, 0.1) is 17.4 Å². The van der Waals surface area contributed by atoms with Gasteiger partial charge in [-0.15, -0.1) is 0 Å². The van der Waals surface area contributed by atoms with Crippen LogP contribution in [0.1, 0.15) is 50.6 Å². The predicted molar refractivity (Wildman–Crippen MR) is 169 cm³/mol. The molecule has 0 spiro atoms. The van der Waals surface area contributed by atoms with E-state index in [1.165, 1.54) is 4.90 Å². The third-order valence-corrected chi connectivity index (χ3v) is 8.55. The first-order chi connectivity index (χ1) is 20.2. The number of rotatable bonds is 8. The van der Waals surface area contributed by atoms with E-state index in [4.69, 9.17) is 9.47 Å². The van der Waals surface area contributed by atoms with Crippen molar-refractivity contribution in [1.29, 1.82) is 0 Å². The number of carbonyl (C=O) groups excluding carboxylic acids is 3. The van der Waals surface area contributed by atoms with Gasteiger partial charge in [0.25, 0.3) is 5.78 Å². The van der Waals surface area contributed by atoms with Gasteiger partial charge >= 0.3 is 11.9 Å². The van der Waals surface area contributed by atoms with Crippen LogP contribution in [0.25, 0.3) is 5.76 Å². The Morgan fingerprint density at radius 2 is 1.76 bits per heavy atom. The third kappa shape index (κ3) is 5.95. The maximum Gasteiger partial charge on any atom is 0.350 e. The normalized spacial score (nSPS) is 16.1. The lowest BCUT2D eigenvalue weighted by Crippen LogP contribution is -2.29. The fourth-order valence-electron chi connectivity index (χ4n) is 4.69. The second kappa shape index (κ2) is 12.5. The molecule has 1 saturated heterocycles. The highest BCUT2D eigenvalue weighted by Crippen LogP contribution is 2.44. The molecule has 0 saturated carbocycles. The second-order valence-electron chi connectivity index (χ2n) is 9.65. The van der Waals surface area contributed by atoms with Crippen molar-refractivity contribution in [2.24, 2.45) is 0 Å². The zero-order valence-corrected chi connectivity index (χ0v) is 26.1. The number of carbonyl (C=O) groups is 3. The zero-order valence-electron chi connectivity index (χ0n) is 23.1. The molecule has 1 amide bonds. The molecule has 1 aromatic heterocycles. The Morgan fingerprint density at radius 1 is 1.05 bits per heavy atom. The Hall–Kier alpha value is -4.03. The van der Waals surface area contributed by atoms with E-state index in [1.807, 2.05) is 43.3 Å². The number of hydrogen-bond donors (Lipinski definition) is 1. The van der Waals surface area contributed by atoms with Crippen LogP contribution < -0.4 is 9.64 Å². The van der Waals surface area contributed by atoms with Crippen molar-refractivity contribution < 1.29 is 29.0 Å². The largest absolute Gasteiger partial charge is 0.507 e. The van der Waals surface area contributed by atoms with E-state index in [0.717, 1.165) is 26.0 Å². The highest BCUT2D eigenvalue weighted by Gasteiger charge is 2.48. The molecule has 0 aliphatic carbocycles. The summed E-state index contributed by atoms with van der Waals surface area (Å²) in [7, 11) is 0. The molecule has 10 heteroatoms. The molecular weight excluding hydrogens is 667 g/mol. The number of ketones is 1. The maximum atomic E-state index is 13.5. The van der Waals surface area contributed by atoms with Crippen LogP contribution in [0.4, 0.5) is 5.13 Å². The van der Waals surface area contributed by atoms with Crippen LogP contribution >= 0.6 is 33.9 Å². The second-order valence-corrected chi connectivity index (χ2v) is 11.9. The van der Waals surface area contributed by atoms with Crippen molar-refractivity contribution in [3.05, 3.63) is 115 Å². The van der Waals surface area contributed by atoms with E-state index < -0.39 is 23.7 Å². The fraction of sp³-hybridized carbons (Fsp3) is 0.188. The maximum absolute atomic E-state index is 13.5. The minimum absolute atomic E-state index is 0.0693. The zero-order chi connectivity index (χ0) is 30.0. The van der Waals surface area contributed by atoms with Crippen molar-refractivity contribution in [3.63, 3.8) is 0 Å². The number of anilines is 1. The summed E-state index contributed by atoms with van der Waals surface area (Å²) < 4.78 is 12.0. The number of aromatic nitrogens is 1. The molecular formula is C32H27IN2O6S. The molecule has 0 bridgehead atoms. The van der Waals surface area contributed by atoms with Crippen molar-refractivity contribution >= 4 is 62.5 Å². The van der Waals surface area contributed by atoms with E-state index in [2.05, 4.69) is 27.6 Å². The minimum Gasteiger partial charge on any atom is -0.507 e. The smallest absolute Gasteiger partial charge is 0.350 e. The molecule has 214 valence electrons. The molecule has 1 aliphatic rings. The van der Waals surface area contributed by atoms with E-state index in [1.54, 1.807) is 50.2 Å². The SMILES string of the molecule is CCOC(=O)c1sc(N2C(=O)C(=O)C(=C(O)c3ccc(OCc4cccc(C)c4)cc3)C2c2ccc(I)cc2)nc1C. The Kier molecular flexibility index (Phi) is 8.74. The van der Waals surface area contributed by atoms with Crippen molar-refractivity contribution in [2.75, 3.05) is 11.5 Å². The first-order valence-corrected chi connectivity index (χ1v) is 15.1. The molecule has 5 rings (SSSR count). The molecule has 1 atom stereocenters. The number of aryl methyl sites for hydroxylation is 2. The van der Waals surface area contributed by atoms with Gasteiger partial charge in [-0.25, -0.2) is 9.78 Å². The van der Waals surface area contributed by atoms with Crippen LogP contribution in [0.15, 0.2) is 78.4 Å². The summed E-state index contributed by atoms with van der Waals surface area (Å²) in [4.78, 5) is 45.4. The lowest BCUT2D eigenvalue weighted by atomic mass is 9.95. The number of esters is 1. The van der Waals surface area contributed by atoms with Gasteiger partial charge in [-0.3, -0.25) is 14.5 Å². The van der Waals surface area contributed by atoms with E-state index in [9.17, 15) is 19.5 Å². The van der Waals surface area contributed by atoms with E-state index in [-0.39, 0.29) is 27.9 Å². The van der Waals surface area contributed by atoms with Gasteiger partial charge in [0.05, 0.1) is 23.9 Å². The number of Topliss-reactive ketones (excluding diaryl/α,β-unsaturated/α-hetero) is 1. The average molecular weight is 695 g/mol. The number of amides is 1. The van der Waals surface area contributed by atoms with Crippen LogP contribution in [0.2, 0.25) is 0 Å². The van der Waals surface area contributed by atoms with Crippen LogP contribution in [-0.4, -0.2) is 34.4 Å². The van der Waals surface area contributed by atoms with Gasteiger partial charge in [0.1, 0.15) is 23.0 Å². The summed E-state index contributed by atoms with van der Waals surface area (Å²) in [6.45, 7) is 5.93. The average Bonchev–Trinajstić information content (AvgIpc) is 3.48. The molecule has 4 aromatic rings. The van der Waals surface area contributed by atoms with Gasteiger partial charge in [-0.1, -0.05) is 53.3 Å². The Bertz CT molecular complexity index is 1690. The molecule has 3 aromatic carbocycles. The quantitative estimate of drug-likeness (QED) is 0.0716. The monoisotopic (exact) mass is 694 g/mol. The standard InChI is InChI=1S/C32H27IN2O6S/c1-4-40-31(39)29-19(3)34-32(42-29)35-26(21-8-12-23(33)13-9-21)25(28(37)30(35)38)27(36)22-10-14-24(15-11-22)41-17-20-7-5-6-18(2)16-20/h5-16,26,36H,4,17H2,1-3H3. The summed E-state index contributed by atoms with van der Waals surface area (Å²) in [5.74, 6) is -1.97. The fourth-order valence-corrected chi connectivity index (χ4v) is 6.04. The summed E-state index contributed by atoms with van der Waals surface area (Å²) in [6, 6.07) is 21.1. The number of aliphatic hydroxyl groups excluding tert-OH is 1. The first kappa shape index (κ1) is 29.5. The molecule has 1 unspecified atom stereocenters. The molecule has 1 fully saturated rings. The van der Waals surface area contributed by atoms with Crippen molar-refractivity contribution in [3.8, 4) is 5.75 Å². The summed E-state index contributed by atoms with van der Waals surface area (Å²) in [5.41, 5.74) is 3.45. The predicted octanol–water partition coefficient (Wildman–Crippen LogP) is 6.75. The molecule has 42 heavy (non-hydrogen) atoms. The van der Waals surface area contributed by atoms with Crippen LogP contribution in [0.3, 0.4) is 0 Å². The highest BCUT2D eigenvalue weighted by atomic mass is 127. The molecule has 1 N–H and O–H groups in total. The van der Waals surface area contributed by atoms with Crippen LogP contribution in [-0.2, 0) is 20.9 Å². The van der Waals surface area contributed by atoms with E-state index in [0.29, 0.717) is 29.2 Å². The lowest BCUT2D eigenvalue weighted by Gasteiger charge is -2.23. The van der Waals surface area contributed by atoms with Crippen molar-refractivity contribution in [2.45, 2.75) is 33.4 Å². The van der Waals surface area contributed by atoms with Gasteiger partial charge in [0.15, 0.2) is 5.13 Å². The summed E-state index contributed by atoms with van der Waals surface area (Å²) in [6.07, 6.45) is 0. The number of halogens is 1.